The zero-order valence-corrected chi connectivity index (χ0v) is 32.5. The Bertz CT molecular complexity index is 2390. The first-order chi connectivity index (χ1) is 26.8. The van der Waals surface area contributed by atoms with E-state index >= 15 is 0 Å². The van der Waals surface area contributed by atoms with Gasteiger partial charge in [-0.25, -0.2) is 0 Å². The Morgan fingerprint density at radius 1 is 0.309 bits per heavy atom. The van der Waals surface area contributed by atoms with Gasteiger partial charge in [0.2, 0.25) is 0 Å². The second kappa shape index (κ2) is 13.8. The van der Waals surface area contributed by atoms with E-state index in [0.29, 0.717) is 0 Å². The third-order valence-electron chi connectivity index (χ3n) is 11.2. The second-order valence-electron chi connectivity index (χ2n) is 15.5. The van der Waals surface area contributed by atoms with E-state index in [4.69, 9.17) is 0 Å². The number of hydrogen-bond donors (Lipinski definition) is 0. The summed E-state index contributed by atoms with van der Waals surface area (Å²) < 4.78 is 0. The molecule has 0 spiro atoms. The number of anilines is 3. The molecule has 6 aromatic rings. The van der Waals surface area contributed by atoms with Gasteiger partial charge in [-0.15, -0.1) is 0 Å². The van der Waals surface area contributed by atoms with Crippen LogP contribution in [0.5, 0.6) is 0 Å². The van der Waals surface area contributed by atoms with Crippen molar-refractivity contribution >= 4 is 68.7 Å². The van der Waals surface area contributed by atoms with Crippen molar-refractivity contribution in [2.24, 2.45) is 0 Å². The number of nitrogens with zero attached hydrogens (tertiary/aromatic N) is 1. The van der Waals surface area contributed by atoms with Gasteiger partial charge in [-0.3, -0.25) is 0 Å². The van der Waals surface area contributed by atoms with Crippen molar-refractivity contribution in [1.82, 2.24) is 0 Å². The van der Waals surface area contributed by atoms with Crippen molar-refractivity contribution in [3.05, 3.63) is 212 Å². The number of fused-ring (bicyclic) bond motifs is 3. The third kappa shape index (κ3) is 5.97. The lowest BCUT2D eigenvalue weighted by Gasteiger charge is -2.26. The zero-order chi connectivity index (χ0) is 37.8. The van der Waals surface area contributed by atoms with Crippen LogP contribution in [0.3, 0.4) is 0 Å². The second-order valence-corrected chi connectivity index (χ2v) is 15.5. The third-order valence-corrected chi connectivity index (χ3v) is 11.2. The fourth-order valence-electron chi connectivity index (χ4n) is 8.79. The van der Waals surface area contributed by atoms with Crippen LogP contribution in [0.4, 0.5) is 17.1 Å². The van der Waals surface area contributed by atoms with Crippen LogP contribution < -0.4 is 4.90 Å². The minimum absolute atomic E-state index is 1.12. The highest BCUT2D eigenvalue weighted by Crippen LogP contribution is 2.47. The number of benzene rings is 6. The van der Waals surface area contributed by atoms with Crippen molar-refractivity contribution in [3.63, 3.8) is 0 Å². The van der Waals surface area contributed by atoms with E-state index < -0.39 is 0 Å². The molecule has 0 fully saturated rings. The Labute approximate surface area is 326 Å². The van der Waals surface area contributed by atoms with Crippen LogP contribution in [-0.4, -0.2) is 0 Å². The van der Waals surface area contributed by atoms with Gasteiger partial charge in [-0.2, -0.15) is 0 Å². The summed E-state index contributed by atoms with van der Waals surface area (Å²) in [5, 5.41) is 0. The highest BCUT2D eigenvalue weighted by molar-refractivity contribution is 6.20. The average Bonchev–Trinajstić information content (AvgIpc) is 3.91. The Balaban J connectivity index is 1.11. The van der Waals surface area contributed by atoms with Crippen LogP contribution in [0, 0.1) is 0 Å². The first kappa shape index (κ1) is 34.3. The van der Waals surface area contributed by atoms with E-state index in [9.17, 15) is 0 Å². The van der Waals surface area contributed by atoms with Crippen LogP contribution in [0.25, 0.3) is 51.7 Å². The maximum Gasteiger partial charge on any atom is 0.0462 e. The zero-order valence-electron chi connectivity index (χ0n) is 32.5. The lowest BCUT2D eigenvalue weighted by Crippen LogP contribution is -2.10. The summed E-state index contributed by atoms with van der Waals surface area (Å²) >= 11 is 0. The van der Waals surface area contributed by atoms with Crippen LogP contribution in [0.2, 0.25) is 0 Å². The molecule has 0 N–H and O–H groups in total. The quantitative estimate of drug-likeness (QED) is 0.167. The minimum Gasteiger partial charge on any atom is -0.311 e. The summed E-state index contributed by atoms with van der Waals surface area (Å²) in [6.45, 7) is 13.3. The molecule has 0 saturated carbocycles. The molecule has 0 radical (unpaired) electrons. The minimum atomic E-state index is 1.12. The Morgan fingerprint density at radius 3 is 0.818 bits per heavy atom. The Hall–Kier alpha value is -6.44. The molecule has 266 valence electrons. The van der Waals surface area contributed by atoms with Gasteiger partial charge in [0.05, 0.1) is 0 Å². The van der Waals surface area contributed by atoms with Gasteiger partial charge < -0.3 is 4.90 Å². The average molecular weight is 708 g/mol. The summed E-state index contributed by atoms with van der Waals surface area (Å²) in [6.07, 6.45) is 7.03. The lowest BCUT2D eigenvalue weighted by atomic mass is 9.93. The molecule has 3 aliphatic carbocycles. The molecule has 9 rings (SSSR count). The van der Waals surface area contributed by atoms with E-state index in [1.54, 1.807) is 0 Å². The number of rotatable bonds is 6. The van der Waals surface area contributed by atoms with Crippen molar-refractivity contribution in [1.29, 1.82) is 0 Å². The fourth-order valence-corrected chi connectivity index (χ4v) is 8.79. The molecule has 55 heavy (non-hydrogen) atoms. The summed E-state index contributed by atoms with van der Waals surface area (Å²) in [6, 6.07) is 53.6. The molecular formula is C54H45N. The smallest absolute Gasteiger partial charge is 0.0462 e. The molecule has 0 atom stereocenters. The molecule has 0 bridgehead atoms. The summed E-state index contributed by atoms with van der Waals surface area (Å²) in [7, 11) is 0. The molecule has 1 heteroatoms. The van der Waals surface area contributed by atoms with Crippen molar-refractivity contribution in [2.45, 2.75) is 41.5 Å². The molecule has 0 heterocycles. The van der Waals surface area contributed by atoms with Gasteiger partial charge in [-0.05, 0) is 180 Å². The van der Waals surface area contributed by atoms with Crippen LogP contribution in [0.15, 0.2) is 162 Å². The van der Waals surface area contributed by atoms with E-state index in [2.05, 4.69) is 210 Å². The lowest BCUT2D eigenvalue weighted by molar-refractivity contribution is 1.28. The number of allylic oxidation sites excluding steroid dienone is 9. The molecule has 0 aromatic heterocycles. The van der Waals surface area contributed by atoms with Gasteiger partial charge in [0, 0.05) is 17.1 Å². The van der Waals surface area contributed by atoms with E-state index in [1.807, 2.05) is 0 Å². The maximum absolute atomic E-state index is 2.39. The van der Waals surface area contributed by atoms with Crippen molar-refractivity contribution < 1.29 is 0 Å². The highest BCUT2D eigenvalue weighted by atomic mass is 15.1. The van der Waals surface area contributed by atoms with Gasteiger partial charge >= 0.3 is 0 Å². The molecule has 3 aliphatic rings. The Morgan fingerprint density at radius 2 is 0.564 bits per heavy atom. The van der Waals surface area contributed by atoms with Crippen LogP contribution in [-0.2, 0) is 0 Å². The standard InChI is InChI=1S/C54H45N/c1-34(2)52-46-16-10-7-13-40(46)31-49(52)37-19-25-43(26-20-37)55(44-27-21-38(22-28-44)50-32-41-14-8-11-17-47(41)53(50)35(3)4)45-29-23-39(24-30-45)51-33-42-15-9-12-18-48(42)54(51)36(5)6/h7-33H,1-6H3. The maximum atomic E-state index is 2.39. The first-order valence-corrected chi connectivity index (χ1v) is 19.3. The van der Waals surface area contributed by atoms with Crippen LogP contribution >= 0.6 is 0 Å². The van der Waals surface area contributed by atoms with Crippen molar-refractivity contribution in [3.8, 4) is 0 Å². The SMILES string of the molecule is CC(C)=C1C(c2ccc(N(c3ccc(C4=Cc5ccccc5C4=C(C)C)cc3)c3ccc(C4=Cc5ccccc5C4=C(C)C)cc3)cc2)=Cc2ccccc21. The summed E-state index contributed by atoms with van der Waals surface area (Å²) in [4.78, 5) is 2.39. The molecule has 6 aromatic carbocycles. The van der Waals surface area contributed by atoms with E-state index in [1.165, 1.54) is 100 Å². The van der Waals surface area contributed by atoms with E-state index in [-0.39, 0.29) is 0 Å². The van der Waals surface area contributed by atoms with Crippen LogP contribution in [0.1, 0.15) is 91.6 Å². The predicted molar refractivity (Wildman–Crippen MR) is 239 cm³/mol. The van der Waals surface area contributed by atoms with Crippen molar-refractivity contribution in [2.75, 3.05) is 4.90 Å². The van der Waals surface area contributed by atoms with Gasteiger partial charge in [-0.1, -0.05) is 126 Å². The van der Waals surface area contributed by atoms with Gasteiger partial charge in [0.25, 0.3) is 0 Å². The molecular weight excluding hydrogens is 663 g/mol. The fraction of sp³-hybridized carbons (Fsp3) is 0.111. The largest absolute Gasteiger partial charge is 0.311 e. The molecule has 0 unspecified atom stereocenters. The van der Waals surface area contributed by atoms with Gasteiger partial charge in [0.15, 0.2) is 0 Å². The molecule has 1 nitrogen and oxygen atoms in total. The number of hydrogen-bond acceptors (Lipinski definition) is 1. The normalized spacial score (nSPS) is 13.9. The monoisotopic (exact) mass is 707 g/mol. The summed E-state index contributed by atoms with van der Waals surface area (Å²) in [5.74, 6) is 0. The summed E-state index contributed by atoms with van der Waals surface area (Å²) in [5.41, 5.74) is 26.7. The first-order valence-electron chi connectivity index (χ1n) is 19.3. The molecule has 0 saturated heterocycles. The van der Waals surface area contributed by atoms with Gasteiger partial charge in [0.1, 0.15) is 0 Å². The Kier molecular flexibility index (Phi) is 8.59. The predicted octanol–water partition coefficient (Wildman–Crippen LogP) is 15.2. The topological polar surface area (TPSA) is 3.24 Å². The van der Waals surface area contributed by atoms with E-state index in [0.717, 1.165) is 17.1 Å². The highest BCUT2D eigenvalue weighted by Gasteiger charge is 2.25. The molecule has 0 amide bonds. The molecule has 0 aliphatic heterocycles.